The number of hydrogen-bond donors (Lipinski definition) is 1. The van der Waals surface area contributed by atoms with Crippen LogP contribution < -0.4 is 10.1 Å². The molecular weight excluding hydrogens is 420 g/mol. The van der Waals surface area contributed by atoms with Crippen molar-refractivity contribution in [2.75, 3.05) is 12.4 Å². The number of nitrogens with zero attached hydrogens (tertiary/aromatic N) is 1. The third-order valence-corrected chi connectivity index (χ3v) is 8.26. The van der Waals surface area contributed by atoms with Gasteiger partial charge in [-0.05, 0) is 97.6 Å². The topological polar surface area (TPSA) is 51.2 Å². The van der Waals surface area contributed by atoms with Gasteiger partial charge in [-0.2, -0.15) is 0 Å². The first-order chi connectivity index (χ1) is 15.5. The lowest BCUT2D eigenvalue weighted by molar-refractivity contribution is -0.00453. The van der Waals surface area contributed by atoms with Crippen molar-refractivity contribution in [3.8, 4) is 5.75 Å². The number of benzene rings is 2. The molecule has 1 N–H and O–H groups in total. The van der Waals surface area contributed by atoms with Gasteiger partial charge in [0.05, 0.1) is 17.6 Å². The highest BCUT2D eigenvalue weighted by Gasteiger charge is 2.52. The number of ether oxygens (including phenoxy) is 1. The Labute approximate surface area is 193 Å². The molecule has 1 aromatic heterocycles. The second-order valence-electron chi connectivity index (χ2n) is 10.1. The molecule has 4 bridgehead atoms. The lowest BCUT2D eigenvalue weighted by Gasteiger charge is -2.57. The Balaban J connectivity index is 1.40. The van der Waals surface area contributed by atoms with E-state index in [1.807, 2.05) is 12.1 Å². The Morgan fingerprint density at radius 2 is 1.72 bits per heavy atom. The quantitative estimate of drug-likeness (QED) is 0.490. The molecule has 4 saturated carbocycles. The molecule has 4 aliphatic carbocycles. The fourth-order valence-corrected chi connectivity index (χ4v) is 7.37. The zero-order chi connectivity index (χ0) is 21.9. The monoisotopic (exact) mass is 446 g/mol. The summed E-state index contributed by atoms with van der Waals surface area (Å²) < 4.78 is 5.21. The molecule has 4 nitrogen and oxygen atoms in total. The minimum Gasteiger partial charge on any atom is -0.495 e. The molecule has 164 valence electrons. The summed E-state index contributed by atoms with van der Waals surface area (Å²) in [6, 6.07) is 15.6. The predicted molar refractivity (Wildman–Crippen MR) is 128 cm³/mol. The van der Waals surface area contributed by atoms with E-state index in [2.05, 4.69) is 23.5 Å². The molecule has 4 fully saturated rings. The van der Waals surface area contributed by atoms with Gasteiger partial charge in [0.1, 0.15) is 11.4 Å². The smallest absolute Gasteiger partial charge is 0.274 e. The lowest BCUT2D eigenvalue weighted by atomic mass is 9.48. The minimum absolute atomic E-state index is 0.190. The van der Waals surface area contributed by atoms with Crippen LogP contribution in [0.15, 0.2) is 48.5 Å². The number of pyridine rings is 1. The van der Waals surface area contributed by atoms with E-state index in [1.54, 1.807) is 25.3 Å². The molecule has 4 aliphatic rings. The SMILES string of the molecule is COc1ccc(NC(=O)c2cc(C34CC5CC(CC(C5)C3)C4)c3ccccc3n2)cc1Cl. The van der Waals surface area contributed by atoms with Crippen molar-refractivity contribution in [2.45, 2.75) is 43.9 Å². The van der Waals surface area contributed by atoms with E-state index in [0.29, 0.717) is 22.2 Å². The summed E-state index contributed by atoms with van der Waals surface area (Å²) in [7, 11) is 1.57. The maximum Gasteiger partial charge on any atom is 0.274 e. The van der Waals surface area contributed by atoms with Gasteiger partial charge in [-0.25, -0.2) is 4.98 Å². The molecule has 0 spiro atoms. The summed E-state index contributed by atoms with van der Waals surface area (Å²) in [5.74, 6) is 2.89. The third-order valence-electron chi connectivity index (χ3n) is 7.97. The van der Waals surface area contributed by atoms with Gasteiger partial charge in [-0.15, -0.1) is 0 Å². The van der Waals surface area contributed by atoms with Crippen LogP contribution in [-0.2, 0) is 5.41 Å². The van der Waals surface area contributed by atoms with Crippen molar-refractivity contribution in [3.63, 3.8) is 0 Å². The van der Waals surface area contributed by atoms with E-state index in [0.717, 1.165) is 23.3 Å². The average molecular weight is 447 g/mol. The summed E-state index contributed by atoms with van der Waals surface area (Å²) in [4.78, 5) is 18.0. The van der Waals surface area contributed by atoms with Crippen LogP contribution in [0.25, 0.3) is 10.9 Å². The van der Waals surface area contributed by atoms with Crippen LogP contribution in [0.1, 0.15) is 54.6 Å². The number of carbonyl (C=O) groups excluding carboxylic acids is 1. The molecule has 32 heavy (non-hydrogen) atoms. The van der Waals surface area contributed by atoms with Crippen molar-refractivity contribution in [2.24, 2.45) is 17.8 Å². The minimum atomic E-state index is -0.206. The molecule has 0 atom stereocenters. The molecule has 1 amide bonds. The Morgan fingerprint density at radius 1 is 1.03 bits per heavy atom. The first-order valence-corrected chi connectivity index (χ1v) is 12.0. The Hall–Kier alpha value is -2.59. The molecule has 0 radical (unpaired) electrons. The number of anilines is 1. The Morgan fingerprint density at radius 3 is 2.38 bits per heavy atom. The highest BCUT2D eigenvalue weighted by atomic mass is 35.5. The number of carbonyl (C=O) groups is 1. The van der Waals surface area contributed by atoms with Gasteiger partial charge in [-0.1, -0.05) is 29.8 Å². The van der Waals surface area contributed by atoms with Gasteiger partial charge in [0.2, 0.25) is 0 Å². The van der Waals surface area contributed by atoms with E-state index in [-0.39, 0.29) is 11.3 Å². The number of rotatable bonds is 4. The summed E-state index contributed by atoms with van der Waals surface area (Å²) in [6.07, 6.45) is 7.95. The maximum atomic E-state index is 13.3. The summed E-state index contributed by atoms with van der Waals surface area (Å²) >= 11 is 6.25. The molecule has 7 rings (SSSR count). The van der Waals surface area contributed by atoms with Gasteiger partial charge in [-0.3, -0.25) is 4.79 Å². The summed E-state index contributed by atoms with van der Waals surface area (Å²) in [5, 5.41) is 4.65. The molecule has 0 aliphatic heterocycles. The number of nitrogens with one attached hydrogen (secondary N) is 1. The van der Waals surface area contributed by atoms with Crippen molar-refractivity contribution in [1.82, 2.24) is 4.98 Å². The Bertz CT molecular complexity index is 1190. The molecule has 3 aromatic rings. The highest BCUT2D eigenvalue weighted by molar-refractivity contribution is 6.32. The zero-order valence-electron chi connectivity index (χ0n) is 18.2. The number of fused-ring (bicyclic) bond motifs is 1. The highest BCUT2D eigenvalue weighted by Crippen LogP contribution is 2.61. The first-order valence-electron chi connectivity index (χ1n) is 11.6. The lowest BCUT2D eigenvalue weighted by Crippen LogP contribution is -2.48. The van der Waals surface area contributed by atoms with E-state index >= 15 is 0 Å². The molecule has 2 aromatic carbocycles. The van der Waals surface area contributed by atoms with Gasteiger partial charge >= 0.3 is 0 Å². The number of para-hydroxylation sites is 1. The number of halogens is 1. The molecule has 0 unspecified atom stereocenters. The fourth-order valence-electron chi connectivity index (χ4n) is 7.11. The molecule has 0 saturated heterocycles. The van der Waals surface area contributed by atoms with Crippen LogP contribution in [0.5, 0.6) is 5.75 Å². The normalized spacial score (nSPS) is 28.1. The van der Waals surface area contributed by atoms with Crippen molar-refractivity contribution in [3.05, 3.63) is 64.8 Å². The number of methoxy groups -OCH3 is 1. The summed E-state index contributed by atoms with van der Waals surface area (Å²) in [5.41, 5.74) is 3.53. The van der Waals surface area contributed by atoms with E-state index in [9.17, 15) is 4.79 Å². The third kappa shape index (κ3) is 3.27. The molecular formula is C27H27ClN2O2. The van der Waals surface area contributed by atoms with Gasteiger partial charge < -0.3 is 10.1 Å². The van der Waals surface area contributed by atoms with Crippen LogP contribution in [0.4, 0.5) is 5.69 Å². The first kappa shape index (κ1) is 20.0. The van der Waals surface area contributed by atoms with Crippen LogP contribution in [0.3, 0.4) is 0 Å². The van der Waals surface area contributed by atoms with Crippen molar-refractivity contribution >= 4 is 34.1 Å². The molecule has 5 heteroatoms. The van der Waals surface area contributed by atoms with Crippen LogP contribution >= 0.6 is 11.6 Å². The van der Waals surface area contributed by atoms with Crippen molar-refractivity contribution < 1.29 is 9.53 Å². The van der Waals surface area contributed by atoms with E-state index < -0.39 is 0 Å². The standard InChI is InChI=1S/C27H27ClN2O2/c1-32-25-7-6-19(11-22(25)28)29-26(31)24-12-21(20-4-2-3-5-23(20)30-24)27-13-16-8-17(14-27)10-18(9-16)15-27/h2-7,11-12,16-18H,8-10,13-15H2,1H3,(H,29,31). The second-order valence-corrected chi connectivity index (χ2v) is 10.5. The van der Waals surface area contributed by atoms with Gasteiger partial charge in [0, 0.05) is 11.1 Å². The average Bonchev–Trinajstić information content (AvgIpc) is 2.77. The zero-order valence-corrected chi connectivity index (χ0v) is 19.0. The van der Waals surface area contributed by atoms with Crippen LogP contribution in [0, 0.1) is 17.8 Å². The van der Waals surface area contributed by atoms with Crippen LogP contribution in [-0.4, -0.2) is 18.0 Å². The van der Waals surface area contributed by atoms with Gasteiger partial charge in [0.15, 0.2) is 0 Å². The van der Waals surface area contributed by atoms with E-state index in [1.165, 1.54) is 49.5 Å². The van der Waals surface area contributed by atoms with Gasteiger partial charge in [0.25, 0.3) is 5.91 Å². The van der Waals surface area contributed by atoms with E-state index in [4.69, 9.17) is 21.3 Å². The Kier molecular flexibility index (Phi) is 4.69. The maximum absolute atomic E-state index is 13.3. The molecule has 1 heterocycles. The summed E-state index contributed by atoms with van der Waals surface area (Å²) in [6.45, 7) is 0. The number of aromatic nitrogens is 1. The van der Waals surface area contributed by atoms with Crippen LogP contribution in [0.2, 0.25) is 5.02 Å². The second kappa shape index (κ2) is 7.48. The fraction of sp³-hybridized carbons (Fsp3) is 0.407. The largest absolute Gasteiger partial charge is 0.495 e. The predicted octanol–water partition coefficient (Wildman–Crippen LogP) is 6.62. The van der Waals surface area contributed by atoms with Crippen molar-refractivity contribution in [1.29, 1.82) is 0 Å². The number of amides is 1. The number of hydrogen-bond acceptors (Lipinski definition) is 3.